The number of ether oxygens (including phenoxy) is 1. The maximum Gasteiger partial charge on any atom is 0.340 e. The van der Waals surface area contributed by atoms with E-state index in [1.54, 1.807) is 6.07 Å². The number of methoxy groups -OCH3 is 1. The molecule has 3 rings (SSSR count). The first-order chi connectivity index (χ1) is 9.78. The minimum atomic E-state index is -0.329. The van der Waals surface area contributed by atoms with E-state index in [-0.39, 0.29) is 5.97 Å². The van der Waals surface area contributed by atoms with Crippen LogP contribution in [0.25, 0.3) is 11.0 Å². The second-order valence-electron chi connectivity index (χ2n) is 5.57. The zero-order valence-electron chi connectivity index (χ0n) is 11.8. The van der Waals surface area contributed by atoms with Crippen molar-refractivity contribution in [1.29, 1.82) is 0 Å². The van der Waals surface area contributed by atoms with Crippen LogP contribution in [-0.2, 0) is 11.2 Å². The summed E-state index contributed by atoms with van der Waals surface area (Å²) in [4.78, 5) is 19.6. The summed E-state index contributed by atoms with van der Waals surface area (Å²) in [6.45, 7) is 0. The molecular formula is C16H20N2O2. The van der Waals surface area contributed by atoms with E-state index in [0.717, 1.165) is 29.2 Å². The van der Waals surface area contributed by atoms with Gasteiger partial charge < -0.3 is 9.72 Å². The lowest BCUT2D eigenvalue weighted by Crippen LogP contribution is -2.02. The Morgan fingerprint density at radius 2 is 2.20 bits per heavy atom. The molecule has 106 valence electrons. The van der Waals surface area contributed by atoms with Gasteiger partial charge in [-0.15, -0.1) is 0 Å². The molecule has 1 aromatic carbocycles. The van der Waals surface area contributed by atoms with Gasteiger partial charge in [0.15, 0.2) is 0 Å². The largest absolute Gasteiger partial charge is 0.465 e. The molecule has 0 saturated heterocycles. The second-order valence-corrected chi connectivity index (χ2v) is 5.57. The monoisotopic (exact) mass is 272 g/mol. The molecule has 1 saturated carbocycles. The molecule has 1 aliphatic rings. The number of aryl methyl sites for hydroxylation is 1. The summed E-state index contributed by atoms with van der Waals surface area (Å²) < 4.78 is 4.80. The molecule has 1 N–H and O–H groups in total. The van der Waals surface area contributed by atoms with E-state index in [0.29, 0.717) is 5.56 Å². The van der Waals surface area contributed by atoms with Crippen LogP contribution in [0.15, 0.2) is 18.2 Å². The van der Waals surface area contributed by atoms with Gasteiger partial charge in [0.1, 0.15) is 11.3 Å². The number of aromatic amines is 1. The Balaban J connectivity index is 1.80. The van der Waals surface area contributed by atoms with Crippen LogP contribution in [-0.4, -0.2) is 23.0 Å². The first-order valence-electron chi connectivity index (χ1n) is 7.34. The lowest BCUT2D eigenvalue weighted by Gasteiger charge is -2.05. The average molecular weight is 272 g/mol. The molecule has 0 spiro atoms. The van der Waals surface area contributed by atoms with E-state index in [9.17, 15) is 4.79 Å². The van der Waals surface area contributed by atoms with Gasteiger partial charge in [-0.25, -0.2) is 9.78 Å². The number of imidazole rings is 1. The number of para-hydroxylation sites is 1. The minimum Gasteiger partial charge on any atom is -0.465 e. The third kappa shape index (κ3) is 2.55. The van der Waals surface area contributed by atoms with Gasteiger partial charge >= 0.3 is 5.97 Å². The Hall–Kier alpha value is -1.84. The van der Waals surface area contributed by atoms with Crippen molar-refractivity contribution >= 4 is 17.0 Å². The third-order valence-electron chi connectivity index (χ3n) is 4.23. The van der Waals surface area contributed by atoms with Crippen molar-refractivity contribution in [3.05, 3.63) is 29.6 Å². The van der Waals surface area contributed by atoms with E-state index in [4.69, 9.17) is 4.74 Å². The van der Waals surface area contributed by atoms with Crippen molar-refractivity contribution in [1.82, 2.24) is 9.97 Å². The summed E-state index contributed by atoms with van der Waals surface area (Å²) in [5.74, 6) is 1.50. The highest BCUT2D eigenvalue weighted by atomic mass is 16.5. The maximum absolute atomic E-state index is 11.7. The van der Waals surface area contributed by atoms with Crippen molar-refractivity contribution in [3.8, 4) is 0 Å². The van der Waals surface area contributed by atoms with Crippen LogP contribution < -0.4 is 0 Å². The van der Waals surface area contributed by atoms with Gasteiger partial charge in [0.25, 0.3) is 0 Å². The smallest absolute Gasteiger partial charge is 0.340 e. The maximum atomic E-state index is 11.7. The fourth-order valence-electron chi connectivity index (χ4n) is 3.12. The van der Waals surface area contributed by atoms with Crippen molar-refractivity contribution in [2.75, 3.05) is 7.11 Å². The molecule has 0 atom stereocenters. The lowest BCUT2D eigenvalue weighted by molar-refractivity contribution is 0.0603. The van der Waals surface area contributed by atoms with Gasteiger partial charge in [-0.05, 0) is 24.5 Å². The second kappa shape index (κ2) is 5.65. The molecule has 20 heavy (non-hydrogen) atoms. The summed E-state index contributed by atoms with van der Waals surface area (Å²) >= 11 is 0. The number of benzene rings is 1. The molecule has 0 radical (unpaired) electrons. The number of hydrogen-bond donors (Lipinski definition) is 1. The molecule has 1 heterocycles. The summed E-state index contributed by atoms with van der Waals surface area (Å²) in [6.07, 6.45) is 7.60. The topological polar surface area (TPSA) is 55.0 Å². The lowest BCUT2D eigenvalue weighted by atomic mass is 10.0. The van der Waals surface area contributed by atoms with Crippen LogP contribution in [0.3, 0.4) is 0 Å². The number of carbonyl (C=O) groups excluding carboxylic acids is 1. The highest BCUT2D eigenvalue weighted by molar-refractivity contribution is 6.01. The molecule has 1 aromatic heterocycles. The predicted molar refractivity (Wildman–Crippen MR) is 77.7 cm³/mol. The van der Waals surface area contributed by atoms with Gasteiger partial charge in [0.2, 0.25) is 0 Å². The zero-order valence-corrected chi connectivity index (χ0v) is 11.8. The first-order valence-corrected chi connectivity index (χ1v) is 7.34. The van der Waals surface area contributed by atoms with Crippen LogP contribution in [0.2, 0.25) is 0 Å². The molecule has 4 nitrogen and oxygen atoms in total. The first kappa shape index (κ1) is 13.2. The zero-order chi connectivity index (χ0) is 13.9. The minimum absolute atomic E-state index is 0.329. The number of esters is 1. The van der Waals surface area contributed by atoms with Gasteiger partial charge in [0, 0.05) is 6.42 Å². The van der Waals surface area contributed by atoms with Crippen LogP contribution in [0.1, 0.15) is 48.3 Å². The summed E-state index contributed by atoms with van der Waals surface area (Å²) in [7, 11) is 1.40. The number of fused-ring (bicyclic) bond motifs is 1. The number of carbonyl (C=O) groups is 1. The quantitative estimate of drug-likeness (QED) is 0.867. The number of aromatic nitrogens is 2. The highest BCUT2D eigenvalue weighted by Gasteiger charge is 2.17. The molecule has 1 aliphatic carbocycles. The Morgan fingerprint density at radius 3 is 2.95 bits per heavy atom. The molecule has 0 amide bonds. The molecule has 4 heteroatoms. The normalized spacial score (nSPS) is 15.8. The standard InChI is InChI=1S/C16H20N2O2/c1-20-16(19)12-7-4-8-13-15(12)18-14(17-13)10-9-11-5-2-3-6-11/h4,7-8,11H,2-3,5-6,9-10H2,1H3,(H,17,18). The van der Waals surface area contributed by atoms with E-state index in [2.05, 4.69) is 9.97 Å². The van der Waals surface area contributed by atoms with Gasteiger partial charge in [0.05, 0.1) is 18.2 Å². The molecular weight excluding hydrogens is 252 g/mol. The summed E-state index contributed by atoms with van der Waals surface area (Å²) in [5, 5.41) is 0. The Labute approximate surface area is 118 Å². The van der Waals surface area contributed by atoms with Crippen LogP contribution in [0, 0.1) is 5.92 Å². The van der Waals surface area contributed by atoms with E-state index in [1.807, 2.05) is 12.1 Å². The predicted octanol–water partition coefficient (Wildman–Crippen LogP) is 3.47. The fraction of sp³-hybridized carbons (Fsp3) is 0.500. The molecule has 0 unspecified atom stereocenters. The van der Waals surface area contributed by atoms with Gasteiger partial charge in [-0.2, -0.15) is 0 Å². The number of hydrogen-bond acceptors (Lipinski definition) is 3. The van der Waals surface area contributed by atoms with E-state index >= 15 is 0 Å². The Kier molecular flexibility index (Phi) is 3.72. The summed E-state index contributed by atoms with van der Waals surface area (Å²) in [5.41, 5.74) is 2.17. The van der Waals surface area contributed by atoms with Crippen LogP contribution in [0.5, 0.6) is 0 Å². The fourth-order valence-corrected chi connectivity index (χ4v) is 3.12. The van der Waals surface area contributed by atoms with Gasteiger partial charge in [-0.1, -0.05) is 31.7 Å². The van der Waals surface area contributed by atoms with Crippen molar-refractivity contribution in [2.45, 2.75) is 38.5 Å². The van der Waals surface area contributed by atoms with Crippen molar-refractivity contribution in [2.24, 2.45) is 5.92 Å². The molecule has 1 fully saturated rings. The third-order valence-corrected chi connectivity index (χ3v) is 4.23. The van der Waals surface area contributed by atoms with Crippen molar-refractivity contribution < 1.29 is 9.53 Å². The molecule has 0 bridgehead atoms. The van der Waals surface area contributed by atoms with E-state index < -0.39 is 0 Å². The van der Waals surface area contributed by atoms with Gasteiger partial charge in [-0.3, -0.25) is 0 Å². The van der Waals surface area contributed by atoms with E-state index in [1.165, 1.54) is 39.2 Å². The Morgan fingerprint density at radius 1 is 1.40 bits per heavy atom. The summed E-state index contributed by atoms with van der Waals surface area (Å²) in [6, 6.07) is 5.57. The Bertz CT molecular complexity index is 612. The average Bonchev–Trinajstić information content (AvgIpc) is 3.12. The highest BCUT2D eigenvalue weighted by Crippen LogP contribution is 2.28. The van der Waals surface area contributed by atoms with Crippen LogP contribution >= 0.6 is 0 Å². The SMILES string of the molecule is COC(=O)c1cccc2[nH]c(CCC3CCCC3)nc12. The number of nitrogens with zero attached hydrogens (tertiary/aromatic N) is 1. The molecule has 0 aliphatic heterocycles. The number of nitrogens with one attached hydrogen (secondary N) is 1. The number of H-pyrrole nitrogens is 1. The van der Waals surface area contributed by atoms with Crippen LogP contribution in [0.4, 0.5) is 0 Å². The van der Waals surface area contributed by atoms with Crippen molar-refractivity contribution in [3.63, 3.8) is 0 Å². The molecule has 2 aromatic rings. The number of rotatable bonds is 4.